The number of benzene rings is 2. The van der Waals surface area contributed by atoms with Crippen LogP contribution in [0.4, 0.5) is 5.69 Å². The molecule has 0 saturated heterocycles. The summed E-state index contributed by atoms with van der Waals surface area (Å²) < 4.78 is 10.6. The van der Waals surface area contributed by atoms with Gasteiger partial charge in [-0.25, -0.2) is 9.78 Å². The third-order valence-corrected chi connectivity index (χ3v) is 5.10. The van der Waals surface area contributed by atoms with Crippen molar-refractivity contribution in [1.29, 1.82) is 0 Å². The Balaban J connectivity index is 1.56. The number of ether oxygens (including phenoxy) is 1. The highest BCUT2D eigenvalue weighted by molar-refractivity contribution is 6.06. The molecule has 0 aliphatic carbocycles. The minimum absolute atomic E-state index is 0.186. The number of esters is 1. The Morgan fingerprint density at radius 3 is 2.45 bits per heavy atom. The summed E-state index contributed by atoms with van der Waals surface area (Å²) in [5.41, 5.74) is 4.02. The van der Waals surface area contributed by atoms with Gasteiger partial charge in [-0.3, -0.25) is 9.59 Å². The number of hydrogen-bond donors (Lipinski definition) is 1. The third-order valence-electron chi connectivity index (χ3n) is 5.10. The second-order valence-electron chi connectivity index (χ2n) is 7.60. The third kappa shape index (κ3) is 4.64. The standard InChI is InChI=1S/C25H21N3O5/c1-14-8-10-17(11-9-14)21-12-19(23-15(2)28-33-24(23)27-21)25(31)32-13-22(30)26-20-7-5-4-6-18(20)16(3)29/h4-12H,13H2,1-3H3,(H,26,30). The molecule has 0 atom stereocenters. The van der Waals surface area contributed by atoms with Crippen molar-refractivity contribution in [3.05, 3.63) is 77.0 Å². The van der Waals surface area contributed by atoms with E-state index in [2.05, 4.69) is 15.5 Å². The van der Waals surface area contributed by atoms with Gasteiger partial charge in [0.15, 0.2) is 12.4 Å². The number of ketones is 1. The Bertz CT molecular complexity index is 1370. The summed E-state index contributed by atoms with van der Waals surface area (Å²) in [6.45, 7) is 4.55. The summed E-state index contributed by atoms with van der Waals surface area (Å²) in [6, 6.07) is 15.9. The molecule has 0 saturated carbocycles. The van der Waals surface area contributed by atoms with Crippen LogP contribution in [0, 0.1) is 13.8 Å². The van der Waals surface area contributed by atoms with Crippen LogP contribution in [0.3, 0.4) is 0 Å². The van der Waals surface area contributed by atoms with E-state index in [0.29, 0.717) is 28.0 Å². The van der Waals surface area contributed by atoms with E-state index < -0.39 is 18.5 Å². The molecule has 166 valence electrons. The fourth-order valence-corrected chi connectivity index (χ4v) is 3.42. The molecule has 1 N–H and O–H groups in total. The maximum absolute atomic E-state index is 12.9. The average Bonchev–Trinajstić information content (AvgIpc) is 3.18. The first kappa shape index (κ1) is 21.9. The van der Waals surface area contributed by atoms with Crippen LogP contribution < -0.4 is 5.32 Å². The van der Waals surface area contributed by atoms with Gasteiger partial charge in [0.1, 0.15) is 0 Å². The zero-order valence-corrected chi connectivity index (χ0v) is 18.3. The predicted octanol–water partition coefficient (Wildman–Crippen LogP) is 4.50. The zero-order chi connectivity index (χ0) is 23.5. The van der Waals surface area contributed by atoms with Gasteiger partial charge in [0, 0.05) is 11.1 Å². The van der Waals surface area contributed by atoms with Crippen LogP contribution in [0.2, 0.25) is 0 Å². The second-order valence-corrected chi connectivity index (χ2v) is 7.60. The lowest BCUT2D eigenvalue weighted by Crippen LogP contribution is -2.22. The number of amides is 1. The van der Waals surface area contributed by atoms with Gasteiger partial charge in [-0.1, -0.05) is 47.1 Å². The highest BCUT2D eigenvalue weighted by Gasteiger charge is 2.21. The summed E-state index contributed by atoms with van der Waals surface area (Å²) in [7, 11) is 0. The molecular weight excluding hydrogens is 422 g/mol. The van der Waals surface area contributed by atoms with Crippen molar-refractivity contribution >= 4 is 34.4 Å². The van der Waals surface area contributed by atoms with Gasteiger partial charge in [-0.2, -0.15) is 0 Å². The largest absolute Gasteiger partial charge is 0.452 e. The van der Waals surface area contributed by atoms with Gasteiger partial charge in [0.25, 0.3) is 11.6 Å². The van der Waals surface area contributed by atoms with E-state index in [4.69, 9.17) is 9.26 Å². The molecule has 0 unspecified atom stereocenters. The first-order chi connectivity index (χ1) is 15.8. The van der Waals surface area contributed by atoms with E-state index in [9.17, 15) is 14.4 Å². The van der Waals surface area contributed by atoms with Gasteiger partial charge in [-0.05, 0) is 39.0 Å². The van der Waals surface area contributed by atoms with Crippen molar-refractivity contribution in [2.24, 2.45) is 0 Å². The van der Waals surface area contributed by atoms with Gasteiger partial charge < -0.3 is 14.6 Å². The van der Waals surface area contributed by atoms with Crippen molar-refractivity contribution < 1.29 is 23.6 Å². The number of nitrogens with one attached hydrogen (secondary N) is 1. The number of fused-ring (bicyclic) bond motifs is 1. The maximum Gasteiger partial charge on any atom is 0.339 e. The molecule has 0 bridgehead atoms. The molecule has 0 fully saturated rings. The normalized spacial score (nSPS) is 10.8. The molecule has 33 heavy (non-hydrogen) atoms. The number of carbonyl (C=O) groups is 3. The monoisotopic (exact) mass is 443 g/mol. The molecule has 0 radical (unpaired) electrons. The van der Waals surface area contributed by atoms with Crippen molar-refractivity contribution in [2.45, 2.75) is 20.8 Å². The van der Waals surface area contributed by atoms with Gasteiger partial charge in [0.05, 0.1) is 28.0 Å². The summed E-state index contributed by atoms with van der Waals surface area (Å²) in [4.78, 5) is 41.5. The number of nitrogens with zero attached hydrogens (tertiary/aromatic N) is 2. The number of carbonyl (C=O) groups excluding carboxylic acids is 3. The molecule has 4 rings (SSSR count). The highest BCUT2D eigenvalue weighted by Crippen LogP contribution is 2.28. The van der Waals surface area contributed by atoms with Crippen LogP contribution in [0.5, 0.6) is 0 Å². The van der Waals surface area contributed by atoms with Crippen molar-refractivity contribution in [1.82, 2.24) is 10.1 Å². The lowest BCUT2D eigenvalue weighted by molar-refractivity contribution is -0.119. The van der Waals surface area contributed by atoms with E-state index in [1.165, 1.54) is 6.92 Å². The number of anilines is 1. The number of pyridine rings is 1. The van der Waals surface area contributed by atoms with E-state index in [1.807, 2.05) is 31.2 Å². The molecule has 8 heteroatoms. The van der Waals surface area contributed by atoms with Gasteiger partial charge in [0.2, 0.25) is 0 Å². The number of hydrogen-bond acceptors (Lipinski definition) is 7. The number of para-hydroxylation sites is 1. The molecule has 2 aromatic carbocycles. The number of Topliss-reactive ketones (excluding diaryl/α,β-unsaturated/α-hetero) is 1. The van der Waals surface area contributed by atoms with E-state index in [0.717, 1.165) is 11.1 Å². The van der Waals surface area contributed by atoms with Crippen molar-refractivity contribution in [2.75, 3.05) is 11.9 Å². The van der Waals surface area contributed by atoms with Crippen LogP contribution in [0.1, 0.15) is 38.9 Å². The fraction of sp³-hybridized carbons (Fsp3) is 0.160. The summed E-state index contributed by atoms with van der Waals surface area (Å²) >= 11 is 0. The van der Waals surface area contributed by atoms with Gasteiger partial charge in [-0.15, -0.1) is 0 Å². The Hall–Kier alpha value is -4.33. The first-order valence-electron chi connectivity index (χ1n) is 10.2. The molecule has 4 aromatic rings. The SMILES string of the molecule is CC(=O)c1ccccc1NC(=O)COC(=O)c1cc(-c2ccc(C)cc2)nc2onc(C)c12. The average molecular weight is 443 g/mol. The Kier molecular flexibility index (Phi) is 5.99. The first-order valence-corrected chi connectivity index (χ1v) is 10.2. The maximum atomic E-state index is 12.9. The van der Waals surface area contributed by atoms with Crippen LogP contribution in [0.25, 0.3) is 22.4 Å². The van der Waals surface area contributed by atoms with E-state index in [-0.39, 0.29) is 17.1 Å². The van der Waals surface area contributed by atoms with Crippen LogP contribution in [0.15, 0.2) is 59.1 Å². The molecule has 2 heterocycles. The van der Waals surface area contributed by atoms with Crippen molar-refractivity contribution in [3.8, 4) is 11.3 Å². The molecule has 0 spiro atoms. The Morgan fingerprint density at radius 1 is 1.00 bits per heavy atom. The molecular formula is C25H21N3O5. The molecule has 2 aromatic heterocycles. The number of rotatable bonds is 6. The summed E-state index contributed by atoms with van der Waals surface area (Å²) in [5, 5.41) is 6.94. The highest BCUT2D eigenvalue weighted by atomic mass is 16.5. The fourth-order valence-electron chi connectivity index (χ4n) is 3.42. The summed E-state index contributed by atoms with van der Waals surface area (Å²) in [5.74, 6) is -1.46. The Morgan fingerprint density at radius 2 is 1.73 bits per heavy atom. The van der Waals surface area contributed by atoms with E-state index >= 15 is 0 Å². The van der Waals surface area contributed by atoms with Crippen molar-refractivity contribution in [3.63, 3.8) is 0 Å². The topological polar surface area (TPSA) is 111 Å². The minimum atomic E-state index is -0.711. The minimum Gasteiger partial charge on any atom is -0.452 e. The summed E-state index contributed by atoms with van der Waals surface area (Å²) in [6.07, 6.45) is 0. The number of aromatic nitrogens is 2. The van der Waals surface area contributed by atoms with Crippen LogP contribution >= 0.6 is 0 Å². The molecule has 1 amide bonds. The molecule has 0 aliphatic rings. The molecule has 8 nitrogen and oxygen atoms in total. The number of aryl methyl sites for hydroxylation is 2. The quantitative estimate of drug-likeness (QED) is 0.345. The predicted molar refractivity (Wildman–Crippen MR) is 122 cm³/mol. The molecule has 0 aliphatic heterocycles. The smallest absolute Gasteiger partial charge is 0.339 e. The van der Waals surface area contributed by atoms with Crippen LogP contribution in [-0.2, 0) is 9.53 Å². The second kappa shape index (κ2) is 9.04. The van der Waals surface area contributed by atoms with E-state index in [1.54, 1.807) is 37.3 Å². The Labute approximate surface area is 189 Å². The zero-order valence-electron chi connectivity index (χ0n) is 18.3. The van der Waals surface area contributed by atoms with Gasteiger partial charge >= 0.3 is 5.97 Å². The lowest BCUT2D eigenvalue weighted by atomic mass is 10.0. The van der Waals surface area contributed by atoms with Crippen LogP contribution in [-0.4, -0.2) is 34.4 Å². The lowest BCUT2D eigenvalue weighted by Gasteiger charge is -2.10.